The molecular formula is C14H26FN3. The Kier molecular flexibility index (Phi) is 5.66. The van der Waals surface area contributed by atoms with Gasteiger partial charge in [-0.15, -0.1) is 0 Å². The van der Waals surface area contributed by atoms with Crippen molar-refractivity contribution in [2.45, 2.75) is 38.9 Å². The van der Waals surface area contributed by atoms with Crippen LogP contribution < -0.4 is 5.32 Å². The molecule has 0 aromatic heterocycles. The molecule has 0 saturated heterocycles. The number of nitrogens with one attached hydrogen (secondary N) is 1. The Labute approximate surface area is 110 Å². The molecule has 18 heavy (non-hydrogen) atoms. The van der Waals surface area contributed by atoms with Gasteiger partial charge in [-0.25, -0.2) is 0 Å². The van der Waals surface area contributed by atoms with E-state index < -0.39 is 0 Å². The summed E-state index contributed by atoms with van der Waals surface area (Å²) < 4.78 is 12.8. The standard InChI is InChI=1S/C14H26FN3/c1-6-13(10-15)9-11(2)18-8-7-14(16-4)17(5)12(18)3/h7-8,11,13-14,16H,3,6,9-10H2,1-2,4-5H3. The summed E-state index contributed by atoms with van der Waals surface area (Å²) in [5.74, 6) is 1.10. The van der Waals surface area contributed by atoms with Crippen LogP contribution in [0.1, 0.15) is 26.7 Å². The quantitative estimate of drug-likeness (QED) is 0.787. The van der Waals surface area contributed by atoms with E-state index in [1.165, 1.54) is 0 Å². The average molecular weight is 255 g/mol. The second-order valence-electron chi connectivity index (χ2n) is 5.02. The van der Waals surface area contributed by atoms with Gasteiger partial charge in [-0.05, 0) is 32.4 Å². The molecule has 0 spiro atoms. The van der Waals surface area contributed by atoms with E-state index in [2.05, 4.69) is 40.9 Å². The highest BCUT2D eigenvalue weighted by atomic mass is 19.1. The fourth-order valence-corrected chi connectivity index (χ4v) is 2.36. The van der Waals surface area contributed by atoms with E-state index in [4.69, 9.17) is 0 Å². The minimum absolute atomic E-state index is 0.147. The van der Waals surface area contributed by atoms with Gasteiger partial charge in [0.2, 0.25) is 0 Å². The lowest BCUT2D eigenvalue weighted by Crippen LogP contribution is -2.48. The van der Waals surface area contributed by atoms with Crippen LogP contribution >= 0.6 is 0 Å². The molecule has 1 heterocycles. The summed E-state index contributed by atoms with van der Waals surface area (Å²) in [6, 6.07) is 0.273. The van der Waals surface area contributed by atoms with Gasteiger partial charge in [0.15, 0.2) is 0 Å². The predicted octanol–water partition coefficient (Wildman–Crippen LogP) is 2.54. The largest absolute Gasteiger partial charge is 0.342 e. The van der Waals surface area contributed by atoms with Crippen molar-refractivity contribution >= 4 is 0 Å². The highest BCUT2D eigenvalue weighted by Gasteiger charge is 2.25. The first-order valence-electron chi connectivity index (χ1n) is 6.66. The first kappa shape index (κ1) is 15.0. The molecule has 1 aliphatic heterocycles. The van der Waals surface area contributed by atoms with Gasteiger partial charge >= 0.3 is 0 Å². The minimum atomic E-state index is -0.236. The van der Waals surface area contributed by atoms with E-state index in [1.807, 2.05) is 21.0 Å². The molecule has 0 fully saturated rings. The van der Waals surface area contributed by atoms with Crippen LogP contribution in [0.5, 0.6) is 0 Å². The lowest BCUT2D eigenvalue weighted by atomic mass is 9.98. The fraction of sp³-hybridized carbons (Fsp3) is 0.714. The summed E-state index contributed by atoms with van der Waals surface area (Å²) in [4.78, 5) is 4.22. The van der Waals surface area contributed by atoms with Gasteiger partial charge in [0.05, 0.1) is 6.67 Å². The third-order valence-electron chi connectivity index (χ3n) is 3.79. The van der Waals surface area contributed by atoms with E-state index >= 15 is 0 Å². The van der Waals surface area contributed by atoms with E-state index in [9.17, 15) is 4.39 Å². The number of alkyl halides is 1. The summed E-state index contributed by atoms with van der Waals surface area (Å²) in [6.07, 6.45) is 6.08. The Morgan fingerprint density at radius 2 is 2.22 bits per heavy atom. The third-order valence-corrected chi connectivity index (χ3v) is 3.79. The first-order valence-corrected chi connectivity index (χ1v) is 6.66. The molecule has 1 aliphatic rings. The number of likely N-dealkylation sites (N-methyl/N-ethyl adjacent to an activating group) is 2. The van der Waals surface area contributed by atoms with Crippen molar-refractivity contribution in [3.63, 3.8) is 0 Å². The molecule has 0 radical (unpaired) electrons. The van der Waals surface area contributed by atoms with E-state index in [1.54, 1.807) is 0 Å². The predicted molar refractivity (Wildman–Crippen MR) is 74.6 cm³/mol. The Bertz CT molecular complexity index is 299. The molecule has 0 aromatic rings. The number of halogens is 1. The summed E-state index contributed by atoms with van der Waals surface area (Å²) in [7, 11) is 3.94. The number of nitrogens with zero attached hydrogens (tertiary/aromatic N) is 2. The summed E-state index contributed by atoms with van der Waals surface area (Å²) in [5.41, 5.74) is 0. The highest BCUT2D eigenvalue weighted by Crippen LogP contribution is 2.24. The highest BCUT2D eigenvalue weighted by molar-refractivity contribution is 5.11. The van der Waals surface area contributed by atoms with Crippen LogP contribution in [0.2, 0.25) is 0 Å². The van der Waals surface area contributed by atoms with Crippen molar-refractivity contribution < 1.29 is 4.39 Å². The fourth-order valence-electron chi connectivity index (χ4n) is 2.36. The molecular weight excluding hydrogens is 229 g/mol. The maximum Gasteiger partial charge on any atom is 0.102 e. The van der Waals surface area contributed by atoms with Crippen LogP contribution in [0.4, 0.5) is 4.39 Å². The van der Waals surface area contributed by atoms with Crippen LogP contribution in [0.15, 0.2) is 24.7 Å². The van der Waals surface area contributed by atoms with Gasteiger partial charge in [-0.2, -0.15) is 0 Å². The van der Waals surface area contributed by atoms with Crippen LogP contribution in [0.25, 0.3) is 0 Å². The van der Waals surface area contributed by atoms with Crippen molar-refractivity contribution in [1.82, 2.24) is 15.1 Å². The van der Waals surface area contributed by atoms with Gasteiger partial charge in [-0.1, -0.05) is 19.9 Å². The molecule has 104 valence electrons. The molecule has 3 nitrogen and oxygen atoms in total. The lowest BCUT2D eigenvalue weighted by molar-refractivity contribution is 0.168. The van der Waals surface area contributed by atoms with Crippen molar-refractivity contribution in [1.29, 1.82) is 0 Å². The van der Waals surface area contributed by atoms with Crippen LogP contribution in [0, 0.1) is 5.92 Å². The number of hydrogen-bond donors (Lipinski definition) is 1. The van der Waals surface area contributed by atoms with Crippen LogP contribution in [-0.4, -0.2) is 42.8 Å². The minimum Gasteiger partial charge on any atom is -0.342 e. The first-order chi connectivity index (χ1) is 8.54. The zero-order valence-electron chi connectivity index (χ0n) is 12.0. The van der Waals surface area contributed by atoms with Gasteiger partial charge < -0.3 is 9.80 Å². The molecule has 3 unspecified atom stereocenters. The van der Waals surface area contributed by atoms with Crippen molar-refractivity contribution in [2.24, 2.45) is 5.92 Å². The molecule has 4 heteroatoms. The van der Waals surface area contributed by atoms with E-state index in [0.29, 0.717) is 0 Å². The van der Waals surface area contributed by atoms with Crippen molar-refractivity contribution in [3.05, 3.63) is 24.7 Å². The Morgan fingerprint density at radius 3 is 2.72 bits per heavy atom. The molecule has 0 aliphatic carbocycles. The summed E-state index contributed by atoms with van der Waals surface area (Å²) >= 11 is 0. The second-order valence-corrected chi connectivity index (χ2v) is 5.02. The van der Waals surface area contributed by atoms with Gasteiger partial charge in [0.1, 0.15) is 12.0 Å². The molecule has 0 amide bonds. The normalized spacial score (nSPS) is 23.4. The Morgan fingerprint density at radius 1 is 1.56 bits per heavy atom. The van der Waals surface area contributed by atoms with Gasteiger partial charge in [0.25, 0.3) is 0 Å². The van der Waals surface area contributed by atoms with E-state index in [0.717, 1.165) is 18.7 Å². The Hall–Kier alpha value is -1.03. The summed E-state index contributed by atoms with van der Waals surface area (Å²) in [6.45, 7) is 8.05. The van der Waals surface area contributed by atoms with Gasteiger partial charge in [-0.3, -0.25) is 9.71 Å². The Balaban J connectivity index is 2.69. The zero-order valence-corrected chi connectivity index (χ0v) is 12.0. The third kappa shape index (κ3) is 3.25. The van der Waals surface area contributed by atoms with Gasteiger partial charge in [0, 0.05) is 19.3 Å². The molecule has 3 atom stereocenters. The van der Waals surface area contributed by atoms with Crippen molar-refractivity contribution in [2.75, 3.05) is 20.8 Å². The summed E-state index contributed by atoms with van der Waals surface area (Å²) in [5, 5.41) is 3.20. The maximum atomic E-state index is 12.8. The molecule has 0 bridgehead atoms. The SMILES string of the molecule is C=C1N(C)C(NC)C=CN1C(C)CC(CC)CF. The monoisotopic (exact) mass is 255 g/mol. The smallest absolute Gasteiger partial charge is 0.102 e. The number of rotatable bonds is 6. The average Bonchev–Trinajstić information content (AvgIpc) is 2.38. The number of hydrogen-bond acceptors (Lipinski definition) is 3. The molecule has 1 rings (SSSR count). The van der Waals surface area contributed by atoms with E-state index in [-0.39, 0.29) is 24.8 Å². The van der Waals surface area contributed by atoms with Crippen LogP contribution in [0.3, 0.4) is 0 Å². The zero-order chi connectivity index (χ0) is 13.7. The lowest BCUT2D eigenvalue weighted by Gasteiger charge is -2.42. The second kappa shape index (κ2) is 6.78. The topological polar surface area (TPSA) is 18.5 Å². The van der Waals surface area contributed by atoms with Crippen molar-refractivity contribution in [3.8, 4) is 0 Å². The molecule has 1 N–H and O–H groups in total. The maximum absolute atomic E-state index is 12.8. The molecule has 0 saturated carbocycles. The molecule has 0 aromatic carbocycles. The van der Waals surface area contributed by atoms with Crippen LogP contribution in [-0.2, 0) is 0 Å².